The van der Waals surface area contributed by atoms with E-state index >= 15 is 0 Å². The molecule has 0 aromatic heterocycles. The van der Waals surface area contributed by atoms with Crippen molar-refractivity contribution in [1.82, 2.24) is 9.13 Å². The third-order valence-electron chi connectivity index (χ3n) is 5.39. The van der Waals surface area contributed by atoms with Gasteiger partial charge >= 0.3 is 182 Å². The molecule has 0 bridgehead atoms. The Morgan fingerprint density at radius 2 is 1.10 bits per heavy atom. The Labute approximate surface area is 205 Å². The van der Waals surface area contributed by atoms with E-state index in [0.29, 0.717) is 0 Å². The third-order valence-corrected chi connectivity index (χ3v) is 27.6. The molecule has 0 spiro atoms. The molecule has 0 aliphatic heterocycles. The maximum atomic E-state index is 4.06. The van der Waals surface area contributed by atoms with E-state index < -0.39 is 27.2 Å². The van der Waals surface area contributed by atoms with Crippen molar-refractivity contribution >= 4 is 31.1 Å². The number of nitrogens with zero attached hydrogens (tertiary/aromatic N) is 2. The Hall–Kier alpha value is -0.480. The van der Waals surface area contributed by atoms with Crippen molar-refractivity contribution in [3.05, 3.63) is 92.6 Å². The van der Waals surface area contributed by atoms with Gasteiger partial charge in [0.1, 0.15) is 0 Å². The van der Waals surface area contributed by atoms with Gasteiger partial charge in [0, 0.05) is 0 Å². The fraction of sp³-hybridized carbons (Fsp3) is 0.333. The Bertz CT molecular complexity index is 659. The molecule has 0 amide bonds. The van der Waals surface area contributed by atoms with Crippen LogP contribution in [0, 0.1) is 0 Å². The van der Waals surface area contributed by atoms with E-state index in [1.54, 1.807) is 6.56 Å². The maximum Gasteiger partial charge on any atom is -0.147 e. The van der Waals surface area contributed by atoms with Crippen LogP contribution in [-0.4, -0.2) is 41.6 Å². The van der Waals surface area contributed by atoms with Gasteiger partial charge in [-0.1, -0.05) is 0 Å². The molecule has 0 aromatic carbocycles. The van der Waals surface area contributed by atoms with Crippen molar-refractivity contribution < 1.29 is 20.9 Å². The summed E-state index contributed by atoms with van der Waals surface area (Å²) in [5.41, 5.74) is 3.04. The van der Waals surface area contributed by atoms with Gasteiger partial charge in [0.2, 0.25) is 0 Å². The predicted octanol–water partition coefficient (Wildman–Crippen LogP) is 5.98. The van der Waals surface area contributed by atoms with Crippen LogP contribution in [0.1, 0.15) is 26.7 Å². The quantitative estimate of drug-likeness (QED) is 0.208. The molecule has 0 saturated heterocycles. The van der Waals surface area contributed by atoms with E-state index in [0.717, 1.165) is 39.0 Å². The third kappa shape index (κ3) is 7.29. The summed E-state index contributed by atoms with van der Waals surface area (Å²) >= 11 is -2.14. The van der Waals surface area contributed by atoms with Crippen LogP contribution in [0.2, 0.25) is 0 Å². The first-order valence-corrected chi connectivity index (χ1v) is 18.4. The van der Waals surface area contributed by atoms with Crippen LogP contribution in [0.3, 0.4) is 0 Å². The van der Waals surface area contributed by atoms with E-state index in [1.807, 2.05) is 0 Å². The average molecular weight is 544 g/mol. The van der Waals surface area contributed by atoms with Gasteiger partial charge in [0.15, 0.2) is 0 Å². The summed E-state index contributed by atoms with van der Waals surface area (Å²) in [7, 11) is 0. The second kappa shape index (κ2) is 15.3. The van der Waals surface area contributed by atoms with Gasteiger partial charge in [-0.3, -0.25) is 0 Å². The predicted molar refractivity (Wildman–Crippen MR) is 138 cm³/mol. The largest absolute Gasteiger partial charge is 0.147 e. The molecule has 2 aliphatic carbocycles. The Morgan fingerprint density at radius 3 is 1.33 bits per heavy atom. The maximum absolute atomic E-state index is 4.06. The van der Waals surface area contributed by atoms with Gasteiger partial charge < -0.3 is 0 Å². The van der Waals surface area contributed by atoms with Crippen molar-refractivity contribution in [2.45, 2.75) is 26.7 Å². The molecule has 2 rings (SSSR count). The van der Waals surface area contributed by atoms with Gasteiger partial charge in [-0.25, -0.2) is 0 Å². The molecule has 0 fully saturated rings. The molecule has 0 radical (unpaired) electrons. The van der Waals surface area contributed by atoms with Gasteiger partial charge in [-0.05, 0) is 0 Å². The van der Waals surface area contributed by atoms with E-state index in [9.17, 15) is 0 Å². The van der Waals surface area contributed by atoms with E-state index in [2.05, 4.69) is 97.9 Å². The van der Waals surface area contributed by atoms with Crippen molar-refractivity contribution in [2.75, 3.05) is 26.2 Å². The summed E-state index contributed by atoms with van der Waals surface area (Å²) in [6.45, 7) is 24.6. The molecule has 6 heteroatoms. The molecule has 0 unspecified atom stereocenters. The fourth-order valence-corrected chi connectivity index (χ4v) is 29.6. The second-order valence-electron chi connectivity index (χ2n) is 7.39. The van der Waals surface area contributed by atoms with Crippen LogP contribution in [0.4, 0.5) is 0 Å². The Morgan fingerprint density at radius 1 is 0.767 bits per heavy atom. The number of halogens is 2. The average Bonchev–Trinajstić information content (AvgIpc) is 3.28. The summed E-state index contributed by atoms with van der Waals surface area (Å²) in [5, 5.41) is 0. The zero-order valence-electron chi connectivity index (χ0n) is 18.5. The molecule has 165 valence electrons. The topological polar surface area (TPSA) is 6.48 Å². The normalized spacial score (nSPS) is 15.0. The van der Waals surface area contributed by atoms with Gasteiger partial charge in [-0.2, -0.15) is 0 Å². The number of hydrogen-bond acceptors (Lipinski definition) is 2. The Balaban J connectivity index is 0.00000420. The zero-order valence-corrected chi connectivity index (χ0v) is 23.7. The molecule has 0 aromatic rings. The van der Waals surface area contributed by atoms with E-state index in [1.165, 1.54) is 11.1 Å². The van der Waals surface area contributed by atoms with Crippen molar-refractivity contribution in [2.24, 2.45) is 0 Å². The molecular weight excluding hydrogens is 506 g/mol. The number of hydrogen-bond donors (Lipinski definition) is 0. The second-order valence-corrected chi connectivity index (χ2v) is 21.8. The molecule has 0 atom stereocenters. The smallest absolute Gasteiger partial charge is 0.147 e. The first kappa shape index (κ1) is 29.5. The van der Waals surface area contributed by atoms with Crippen LogP contribution in [0.25, 0.3) is 0 Å². The molecule has 0 N–H and O–H groups in total. The molecule has 0 saturated carbocycles. The van der Waals surface area contributed by atoms with Crippen molar-refractivity contribution in [1.29, 1.82) is 0 Å². The van der Waals surface area contributed by atoms with Crippen LogP contribution in [0.15, 0.2) is 92.6 Å². The molecule has 30 heavy (non-hydrogen) atoms. The van der Waals surface area contributed by atoms with Crippen LogP contribution < -0.4 is 0 Å². The number of rotatable bonds is 13. The van der Waals surface area contributed by atoms with Crippen LogP contribution in [-0.2, 0) is 20.9 Å². The van der Waals surface area contributed by atoms with Gasteiger partial charge in [0.25, 0.3) is 0 Å². The zero-order chi connectivity index (χ0) is 20.5. The fourth-order valence-electron chi connectivity index (χ4n) is 4.18. The summed E-state index contributed by atoms with van der Waals surface area (Å²) in [6.07, 6.45) is 18.5. The molecule has 2 nitrogen and oxygen atoms in total. The molecule has 0 heterocycles. The first-order chi connectivity index (χ1) is 13.6. The standard InChI is InChI=1S/C12H21N2Si.2C6H7.2ClH.Zr/c1-5-9-13(10-6-2)15-14(11-7-3)12-8-4;2*1-6-4-2-3-5-6;;;/h5-8,15H,1-4,9-12H2;2*2,4H,3H2,1H3;2*1H;. The van der Waals surface area contributed by atoms with Gasteiger partial charge in [-0.15, -0.1) is 24.8 Å². The van der Waals surface area contributed by atoms with Gasteiger partial charge in [0.05, 0.1) is 0 Å². The van der Waals surface area contributed by atoms with Crippen LogP contribution in [0.5, 0.6) is 0 Å². The van der Waals surface area contributed by atoms with E-state index in [-0.39, 0.29) is 24.8 Å². The van der Waals surface area contributed by atoms with E-state index in [4.69, 9.17) is 0 Å². The summed E-state index contributed by atoms with van der Waals surface area (Å²) in [5.74, 6) is 0. The van der Waals surface area contributed by atoms with Crippen LogP contribution >= 0.6 is 24.8 Å². The summed E-state index contributed by atoms with van der Waals surface area (Å²) in [4.78, 5) is 0. The summed E-state index contributed by atoms with van der Waals surface area (Å²) in [6, 6.07) is 0. The SMILES string of the molecule is C=CCN(CC=C)[SiH](N(CC=C)CC=C)[Zr]([C]1=C(C)C=CC1)[C]1=C(C)C=CC1.Cl.Cl. The minimum atomic E-state index is -2.14. The van der Waals surface area contributed by atoms with Crippen molar-refractivity contribution in [3.8, 4) is 0 Å². The Kier molecular flexibility index (Phi) is 15.1. The molecular formula is C24H37Cl2N2SiZr. The first-order valence-electron chi connectivity index (χ1n) is 10.1. The minimum Gasteiger partial charge on any atom is -0.147 e. The molecule has 2 aliphatic rings. The summed E-state index contributed by atoms with van der Waals surface area (Å²) < 4.78 is 8.99. The van der Waals surface area contributed by atoms with Crippen molar-refractivity contribution in [3.63, 3.8) is 0 Å². The monoisotopic (exact) mass is 541 g/mol. The minimum absolute atomic E-state index is 0. The number of allylic oxidation sites excluding steroid dienone is 8.